The van der Waals surface area contributed by atoms with E-state index in [2.05, 4.69) is 15.7 Å². The summed E-state index contributed by atoms with van der Waals surface area (Å²) < 4.78 is 13.6. The molecule has 2 heterocycles. The Morgan fingerprint density at radius 3 is 2.92 bits per heavy atom. The van der Waals surface area contributed by atoms with Gasteiger partial charge in [0.15, 0.2) is 5.13 Å². The molecule has 0 radical (unpaired) electrons. The standard InChI is InChI=1S/C18H17FN2OS2/c1-12-2-3-14(9-16(12)19)8-15-10-20-18(24-15)21-17(22)5-4-13-6-7-23-11-13/h2-3,6-7,9-11H,4-5,8H2,1H3,(H,20,21,22). The average molecular weight is 360 g/mol. The van der Waals surface area contributed by atoms with Crippen molar-refractivity contribution in [3.05, 3.63) is 68.6 Å². The van der Waals surface area contributed by atoms with Crippen LogP contribution in [0.15, 0.2) is 41.2 Å². The van der Waals surface area contributed by atoms with E-state index in [0.29, 0.717) is 23.5 Å². The summed E-state index contributed by atoms with van der Waals surface area (Å²) in [5.74, 6) is -0.234. The molecule has 6 heteroatoms. The van der Waals surface area contributed by atoms with E-state index in [4.69, 9.17) is 0 Å². The fourth-order valence-corrected chi connectivity index (χ4v) is 3.84. The number of amides is 1. The molecular formula is C18H17FN2OS2. The molecular weight excluding hydrogens is 343 g/mol. The Labute approximate surface area is 148 Å². The number of aromatic nitrogens is 1. The Morgan fingerprint density at radius 2 is 2.17 bits per heavy atom. The van der Waals surface area contributed by atoms with Gasteiger partial charge in [0.1, 0.15) is 5.82 Å². The molecule has 0 aliphatic heterocycles. The normalized spacial score (nSPS) is 10.8. The lowest BCUT2D eigenvalue weighted by molar-refractivity contribution is -0.116. The van der Waals surface area contributed by atoms with Crippen LogP contribution in [0, 0.1) is 12.7 Å². The highest BCUT2D eigenvalue weighted by Crippen LogP contribution is 2.22. The number of nitrogens with one attached hydrogen (secondary N) is 1. The molecule has 0 aliphatic carbocycles. The van der Waals surface area contributed by atoms with Crippen LogP contribution in [0.2, 0.25) is 0 Å². The van der Waals surface area contributed by atoms with E-state index in [-0.39, 0.29) is 11.7 Å². The van der Waals surface area contributed by atoms with Gasteiger partial charge in [-0.3, -0.25) is 4.79 Å². The Bertz CT molecular complexity index is 827. The molecule has 0 atom stereocenters. The van der Waals surface area contributed by atoms with E-state index in [1.807, 2.05) is 17.5 Å². The van der Waals surface area contributed by atoms with Gasteiger partial charge in [0.05, 0.1) is 0 Å². The highest BCUT2D eigenvalue weighted by molar-refractivity contribution is 7.15. The van der Waals surface area contributed by atoms with Gasteiger partial charge < -0.3 is 5.32 Å². The van der Waals surface area contributed by atoms with Crippen LogP contribution in [0.4, 0.5) is 9.52 Å². The van der Waals surface area contributed by atoms with Crippen molar-refractivity contribution in [2.75, 3.05) is 5.32 Å². The summed E-state index contributed by atoms with van der Waals surface area (Å²) in [5, 5.41) is 7.48. The average Bonchev–Trinajstić information content (AvgIpc) is 3.21. The molecule has 0 aliphatic rings. The van der Waals surface area contributed by atoms with E-state index in [0.717, 1.165) is 16.9 Å². The Balaban J connectivity index is 1.54. The van der Waals surface area contributed by atoms with Crippen molar-refractivity contribution < 1.29 is 9.18 Å². The predicted molar refractivity (Wildman–Crippen MR) is 97.3 cm³/mol. The number of aryl methyl sites for hydroxylation is 2. The van der Waals surface area contributed by atoms with Crippen molar-refractivity contribution in [2.24, 2.45) is 0 Å². The van der Waals surface area contributed by atoms with Crippen molar-refractivity contribution >= 4 is 33.7 Å². The largest absolute Gasteiger partial charge is 0.302 e. The maximum Gasteiger partial charge on any atom is 0.226 e. The molecule has 1 N–H and O–H groups in total. The van der Waals surface area contributed by atoms with Crippen LogP contribution in [0.1, 0.15) is 28.0 Å². The second-order valence-electron chi connectivity index (χ2n) is 5.57. The lowest BCUT2D eigenvalue weighted by Crippen LogP contribution is -2.11. The minimum atomic E-state index is -0.195. The topological polar surface area (TPSA) is 42.0 Å². The van der Waals surface area contributed by atoms with Crippen molar-refractivity contribution in [2.45, 2.75) is 26.2 Å². The number of halogens is 1. The van der Waals surface area contributed by atoms with E-state index in [9.17, 15) is 9.18 Å². The summed E-state index contributed by atoms with van der Waals surface area (Å²) in [6, 6.07) is 7.27. The molecule has 0 unspecified atom stereocenters. The highest BCUT2D eigenvalue weighted by Gasteiger charge is 2.08. The molecule has 3 aromatic rings. The second kappa shape index (κ2) is 7.68. The van der Waals surface area contributed by atoms with Crippen LogP contribution < -0.4 is 5.32 Å². The molecule has 3 rings (SSSR count). The number of nitrogens with zero attached hydrogens (tertiary/aromatic N) is 1. The number of thiophene rings is 1. The summed E-state index contributed by atoms with van der Waals surface area (Å²) in [5.41, 5.74) is 2.72. The van der Waals surface area contributed by atoms with E-state index in [1.165, 1.54) is 16.9 Å². The van der Waals surface area contributed by atoms with Gasteiger partial charge >= 0.3 is 0 Å². The van der Waals surface area contributed by atoms with Crippen molar-refractivity contribution in [1.82, 2.24) is 4.98 Å². The zero-order valence-electron chi connectivity index (χ0n) is 13.2. The summed E-state index contributed by atoms with van der Waals surface area (Å²) in [4.78, 5) is 17.2. The van der Waals surface area contributed by atoms with Gasteiger partial charge in [-0.05, 0) is 52.9 Å². The Kier molecular flexibility index (Phi) is 5.37. The predicted octanol–water partition coefficient (Wildman–Crippen LogP) is 4.81. The second-order valence-corrected chi connectivity index (χ2v) is 7.47. The van der Waals surface area contributed by atoms with Gasteiger partial charge in [-0.15, -0.1) is 11.3 Å². The maximum absolute atomic E-state index is 13.6. The summed E-state index contributed by atoms with van der Waals surface area (Å²) >= 11 is 3.06. The van der Waals surface area contributed by atoms with Crippen LogP contribution in [0.25, 0.3) is 0 Å². The van der Waals surface area contributed by atoms with Gasteiger partial charge in [-0.25, -0.2) is 9.37 Å². The number of carbonyl (C=O) groups excluding carboxylic acids is 1. The van der Waals surface area contributed by atoms with Gasteiger partial charge in [0.2, 0.25) is 5.91 Å². The number of thiazole rings is 1. The summed E-state index contributed by atoms with van der Waals surface area (Å²) in [7, 11) is 0. The quantitative estimate of drug-likeness (QED) is 0.685. The van der Waals surface area contributed by atoms with Crippen molar-refractivity contribution in [3.8, 4) is 0 Å². The molecule has 0 spiro atoms. The fourth-order valence-electron chi connectivity index (χ4n) is 2.27. The molecule has 2 aromatic heterocycles. The molecule has 24 heavy (non-hydrogen) atoms. The van der Waals surface area contributed by atoms with Gasteiger partial charge in [-0.2, -0.15) is 11.3 Å². The lowest BCUT2D eigenvalue weighted by atomic mass is 10.1. The monoisotopic (exact) mass is 360 g/mol. The first-order chi connectivity index (χ1) is 11.6. The minimum absolute atomic E-state index is 0.0384. The molecule has 0 fully saturated rings. The van der Waals surface area contributed by atoms with Crippen LogP contribution in [-0.4, -0.2) is 10.9 Å². The summed E-state index contributed by atoms with van der Waals surface area (Å²) in [6.45, 7) is 1.75. The lowest BCUT2D eigenvalue weighted by Gasteiger charge is -2.01. The third-order valence-electron chi connectivity index (χ3n) is 3.64. The minimum Gasteiger partial charge on any atom is -0.302 e. The smallest absolute Gasteiger partial charge is 0.226 e. The number of benzene rings is 1. The molecule has 0 saturated heterocycles. The van der Waals surface area contributed by atoms with Crippen LogP contribution >= 0.6 is 22.7 Å². The van der Waals surface area contributed by atoms with E-state index in [1.54, 1.807) is 36.6 Å². The van der Waals surface area contributed by atoms with E-state index >= 15 is 0 Å². The van der Waals surface area contributed by atoms with E-state index < -0.39 is 0 Å². The van der Waals surface area contributed by atoms with Crippen molar-refractivity contribution in [1.29, 1.82) is 0 Å². The molecule has 0 bridgehead atoms. The first-order valence-corrected chi connectivity index (χ1v) is 9.37. The van der Waals surface area contributed by atoms with Gasteiger partial charge in [-0.1, -0.05) is 12.1 Å². The van der Waals surface area contributed by atoms with Gasteiger partial charge in [0, 0.05) is 23.9 Å². The zero-order chi connectivity index (χ0) is 16.9. The zero-order valence-corrected chi connectivity index (χ0v) is 14.8. The number of anilines is 1. The SMILES string of the molecule is Cc1ccc(Cc2cnc(NC(=O)CCc3ccsc3)s2)cc1F. The molecule has 0 saturated carbocycles. The van der Waals surface area contributed by atoms with Crippen LogP contribution in [0.5, 0.6) is 0 Å². The molecule has 3 nitrogen and oxygen atoms in total. The van der Waals surface area contributed by atoms with Crippen molar-refractivity contribution in [3.63, 3.8) is 0 Å². The third kappa shape index (κ3) is 4.49. The first kappa shape index (κ1) is 16.8. The summed E-state index contributed by atoms with van der Waals surface area (Å²) in [6.07, 6.45) is 3.52. The number of carbonyl (C=O) groups is 1. The number of rotatable bonds is 6. The first-order valence-electron chi connectivity index (χ1n) is 7.61. The molecule has 1 aromatic carbocycles. The van der Waals surface area contributed by atoms with Crippen LogP contribution in [-0.2, 0) is 17.6 Å². The number of hydrogen-bond acceptors (Lipinski definition) is 4. The third-order valence-corrected chi connectivity index (χ3v) is 5.28. The molecule has 1 amide bonds. The maximum atomic E-state index is 13.6. The highest BCUT2D eigenvalue weighted by atomic mass is 32.1. The van der Waals surface area contributed by atoms with Crippen LogP contribution in [0.3, 0.4) is 0 Å². The van der Waals surface area contributed by atoms with Gasteiger partial charge in [0.25, 0.3) is 0 Å². The fraction of sp³-hybridized carbons (Fsp3) is 0.222. The molecule has 124 valence electrons. The number of hydrogen-bond donors (Lipinski definition) is 1. The Hall–Kier alpha value is -2.05. The Morgan fingerprint density at radius 1 is 1.29 bits per heavy atom.